The zero-order chi connectivity index (χ0) is 11.7. The van der Waals surface area contributed by atoms with E-state index in [-0.39, 0.29) is 0 Å². The summed E-state index contributed by atoms with van der Waals surface area (Å²) >= 11 is 0. The summed E-state index contributed by atoms with van der Waals surface area (Å²) in [5, 5.41) is 4.60. The molecule has 0 unspecified atom stereocenters. The summed E-state index contributed by atoms with van der Waals surface area (Å²) in [6.45, 7) is 4.93. The van der Waals surface area contributed by atoms with Gasteiger partial charge in [0.2, 0.25) is 0 Å². The second-order valence-corrected chi connectivity index (χ2v) is 4.59. The fraction of sp³-hybridized carbons (Fsp3) is 0.357. The Morgan fingerprint density at radius 2 is 2.00 bits per heavy atom. The van der Waals surface area contributed by atoms with Crippen LogP contribution in [0.2, 0.25) is 0 Å². The molecular formula is C14H16N3. The first-order valence-corrected chi connectivity index (χ1v) is 6.15. The van der Waals surface area contributed by atoms with Gasteiger partial charge in [-0.25, -0.2) is 9.67 Å². The summed E-state index contributed by atoms with van der Waals surface area (Å²) in [6, 6.07) is 10.1. The Hall–Kier alpha value is -1.64. The van der Waals surface area contributed by atoms with Crippen LogP contribution in [-0.4, -0.2) is 14.8 Å². The first kappa shape index (κ1) is 10.5. The normalized spacial score (nSPS) is 15.1. The van der Waals surface area contributed by atoms with Crippen molar-refractivity contribution >= 4 is 0 Å². The number of aromatic nitrogens is 3. The molecular weight excluding hydrogens is 210 g/mol. The quantitative estimate of drug-likeness (QED) is 0.802. The van der Waals surface area contributed by atoms with E-state index in [4.69, 9.17) is 0 Å². The van der Waals surface area contributed by atoms with E-state index in [9.17, 15) is 0 Å². The molecule has 1 aliphatic rings. The minimum Gasteiger partial charge on any atom is -0.249 e. The zero-order valence-corrected chi connectivity index (χ0v) is 9.84. The fourth-order valence-corrected chi connectivity index (χ4v) is 1.96. The van der Waals surface area contributed by atoms with Crippen molar-refractivity contribution in [1.29, 1.82) is 0 Å². The van der Waals surface area contributed by atoms with Gasteiger partial charge in [-0.05, 0) is 25.7 Å². The Morgan fingerprint density at radius 3 is 2.65 bits per heavy atom. The van der Waals surface area contributed by atoms with Crippen LogP contribution in [0.4, 0.5) is 0 Å². The Kier molecular flexibility index (Phi) is 2.67. The molecule has 87 valence electrons. The molecule has 0 amide bonds. The first-order valence-electron chi connectivity index (χ1n) is 6.15. The van der Waals surface area contributed by atoms with E-state index < -0.39 is 0 Å². The zero-order valence-electron chi connectivity index (χ0n) is 9.84. The molecule has 1 aliphatic carbocycles. The Morgan fingerprint density at radius 1 is 1.24 bits per heavy atom. The van der Waals surface area contributed by atoms with Gasteiger partial charge in [0, 0.05) is 18.5 Å². The molecule has 0 aliphatic heterocycles. The van der Waals surface area contributed by atoms with Gasteiger partial charge in [0.25, 0.3) is 0 Å². The third-order valence-electron chi connectivity index (χ3n) is 3.13. The molecule has 1 radical (unpaired) electrons. The van der Waals surface area contributed by atoms with E-state index >= 15 is 0 Å². The highest BCUT2D eigenvalue weighted by molar-refractivity contribution is 5.53. The monoisotopic (exact) mass is 226 g/mol. The highest BCUT2D eigenvalue weighted by atomic mass is 15.3. The van der Waals surface area contributed by atoms with Crippen LogP contribution in [0.3, 0.4) is 0 Å². The van der Waals surface area contributed by atoms with Gasteiger partial charge in [-0.3, -0.25) is 0 Å². The predicted molar refractivity (Wildman–Crippen MR) is 67.2 cm³/mol. The Labute approximate surface area is 101 Å². The second-order valence-electron chi connectivity index (χ2n) is 4.59. The molecule has 3 rings (SSSR count). The Balaban J connectivity index is 1.92. The van der Waals surface area contributed by atoms with Crippen molar-refractivity contribution < 1.29 is 0 Å². The summed E-state index contributed by atoms with van der Waals surface area (Å²) < 4.78 is 2.03. The molecule has 3 heteroatoms. The largest absolute Gasteiger partial charge is 0.249 e. The van der Waals surface area contributed by atoms with Crippen LogP contribution in [-0.2, 0) is 13.0 Å². The van der Waals surface area contributed by atoms with Gasteiger partial charge in [-0.2, -0.15) is 5.10 Å². The van der Waals surface area contributed by atoms with Crippen LogP contribution in [0.25, 0.3) is 11.4 Å². The molecule has 1 fully saturated rings. The number of benzene rings is 1. The summed E-state index contributed by atoms with van der Waals surface area (Å²) in [5.74, 6) is 2.63. The van der Waals surface area contributed by atoms with Crippen molar-refractivity contribution in [3.8, 4) is 11.4 Å². The van der Waals surface area contributed by atoms with E-state index in [0.717, 1.165) is 29.7 Å². The van der Waals surface area contributed by atoms with Crippen molar-refractivity contribution in [2.75, 3.05) is 0 Å². The van der Waals surface area contributed by atoms with Crippen LogP contribution >= 0.6 is 0 Å². The number of hydrogen-bond acceptors (Lipinski definition) is 2. The summed E-state index contributed by atoms with van der Waals surface area (Å²) in [4.78, 5) is 4.57. The lowest BCUT2D eigenvalue weighted by Gasteiger charge is -2.01. The van der Waals surface area contributed by atoms with Gasteiger partial charge in [-0.1, -0.05) is 30.3 Å². The van der Waals surface area contributed by atoms with Crippen LogP contribution in [0.15, 0.2) is 30.3 Å². The third-order valence-corrected chi connectivity index (χ3v) is 3.13. The first-order chi connectivity index (χ1) is 8.36. The molecule has 1 heterocycles. The molecule has 2 aromatic rings. The highest BCUT2D eigenvalue weighted by Gasteiger charge is 2.23. The van der Waals surface area contributed by atoms with Crippen LogP contribution in [0.1, 0.15) is 18.7 Å². The maximum atomic E-state index is 4.60. The molecule has 1 saturated carbocycles. The number of hydrogen-bond donors (Lipinski definition) is 0. The lowest BCUT2D eigenvalue weighted by atomic mass is 10.2. The summed E-state index contributed by atoms with van der Waals surface area (Å²) in [6.07, 6.45) is 3.36. The summed E-state index contributed by atoms with van der Waals surface area (Å²) in [5.41, 5.74) is 1.08. The van der Waals surface area contributed by atoms with Crippen molar-refractivity contribution in [3.05, 3.63) is 43.1 Å². The lowest BCUT2D eigenvalue weighted by Crippen LogP contribution is -2.06. The van der Waals surface area contributed by atoms with E-state index in [1.165, 1.54) is 12.8 Å². The van der Waals surface area contributed by atoms with Gasteiger partial charge < -0.3 is 0 Å². The molecule has 0 saturated heterocycles. The van der Waals surface area contributed by atoms with Crippen molar-refractivity contribution in [2.45, 2.75) is 25.8 Å². The standard InChI is InChI=1S/C14H16N3/c1-2-13-15-14(12-6-4-3-5-7-12)16-17(13)10-11-8-9-11/h3-7,11H,1-2,8-10H2. The minimum atomic E-state index is 0.701. The number of nitrogens with zero attached hydrogens (tertiary/aromatic N) is 3. The molecule has 3 nitrogen and oxygen atoms in total. The predicted octanol–water partition coefficient (Wildman–Crippen LogP) is 2.73. The van der Waals surface area contributed by atoms with Crippen LogP contribution in [0.5, 0.6) is 0 Å². The highest BCUT2D eigenvalue weighted by Crippen LogP contribution is 2.31. The maximum absolute atomic E-state index is 4.60. The van der Waals surface area contributed by atoms with Gasteiger partial charge >= 0.3 is 0 Å². The summed E-state index contributed by atoms with van der Waals surface area (Å²) in [7, 11) is 0. The van der Waals surface area contributed by atoms with Crippen LogP contribution in [0, 0.1) is 12.8 Å². The average Bonchev–Trinajstić information content (AvgIpc) is 3.09. The third kappa shape index (κ3) is 2.23. The van der Waals surface area contributed by atoms with Crippen LogP contribution < -0.4 is 0 Å². The van der Waals surface area contributed by atoms with Crippen molar-refractivity contribution in [3.63, 3.8) is 0 Å². The molecule has 0 bridgehead atoms. The molecule has 0 spiro atoms. The van der Waals surface area contributed by atoms with E-state index in [1.54, 1.807) is 0 Å². The van der Waals surface area contributed by atoms with Crippen molar-refractivity contribution in [2.24, 2.45) is 5.92 Å². The van der Waals surface area contributed by atoms with Gasteiger partial charge in [0.05, 0.1) is 0 Å². The van der Waals surface area contributed by atoms with E-state index in [2.05, 4.69) is 17.0 Å². The maximum Gasteiger partial charge on any atom is 0.181 e. The van der Waals surface area contributed by atoms with Gasteiger partial charge in [-0.15, -0.1) is 0 Å². The van der Waals surface area contributed by atoms with Gasteiger partial charge in [0.15, 0.2) is 5.82 Å². The second kappa shape index (κ2) is 4.32. The van der Waals surface area contributed by atoms with Gasteiger partial charge in [0.1, 0.15) is 5.82 Å². The topological polar surface area (TPSA) is 30.7 Å². The van der Waals surface area contributed by atoms with E-state index in [1.807, 2.05) is 35.0 Å². The van der Waals surface area contributed by atoms with E-state index in [0.29, 0.717) is 6.42 Å². The number of rotatable bonds is 4. The molecule has 17 heavy (non-hydrogen) atoms. The lowest BCUT2D eigenvalue weighted by molar-refractivity contribution is 0.542. The van der Waals surface area contributed by atoms with Crippen molar-refractivity contribution in [1.82, 2.24) is 14.8 Å². The SMILES string of the molecule is [CH2]Cc1nc(-c2ccccc2)nn1CC1CC1. The fourth-order valence-electron chi connectivity index (χ4n) is 1.96. The smallest absolute Gasteiger partial charge is 0.181 e. The molecule has 1 aromatic heterocycles. The average molecular weight is 226 g/mol. The molecule has 0 atom stereocenters. The molecule has 0 N–H and O–H groups in total. The minimum absolute atomic E-state index is 0.701. The molecule has 1 aromatic carbocycles. The Bertz CT molecular complexity index is 497.